The Morgan fingerprint density at radius 1 is 1.00 bits per heavy atom. The van der Waals surface area contributed by atoms with Crippen LogP contribution in [0.1, 0.15) is 0 Å². The molecule has 0 spiro atoms. The topological polar surface area (TPSA) is 26.0 Å². The maximum Gasteiger partial charge on any atom is 0.161 e. The van der Waals surface area contributed by atoms with Crippen molar-refractivity contribution in [3.8, 4) is 0 Å². The molecule has 16 heavy (non-hydrogen) atoms. The van der Waals surface area contributed by atoms with Gasteiger partial charge in [-0.15, -0.1) is 11.3 Å². The number of hydrogen-bond donors (Lipinski definition) is 0. The Bertz CT molecular complexity index is 743. The Balaban J connectivity index is 2.51. The molecule has 76 valence electrons. The van der Waals surface area contributed by atoms with Crippen molar-refractivity contribution in [3.05, 3.63) is 42.1 Å². The van der Waals surface area contributed by atoms with Crippen LogP contribution in [-0.2, 0) is 0 Å². The van der Waals surface area contributed by atoms with Crippen molar-refractivity contribution in [1.29, 1.82) is 0 Å². The first-order valence-corrected chi connectivity index (χ1v) is 5.94. The molecule has 4 aromatic rings. The van der Waals surface area contributed by atoms with Gasteiger partial charge >= 0.3 is 0 Å². The van der Waals surface area contributed by atoms with Crippen molar-refractivity contribution >= 4 is 43.3 Å². The number of hydrogen-bond acceptors (Lipinski definition) is 3. The Labute approximate surface area is 95.1 Å². The number of rotatable bonds is 0. The molecule has 2 nitrogen and oxygen atoms in total. The van der Waals surface area contributed by atoms with Crippen LogP contribution in [0.3, 0.4) is 0 Å². The lowest BCUT2D eigenvalue weighted by molar-refractivity contribution is 0.618. The van der Waals surface area contributed by atoms with E-state index in [0.29, 0.717) is 0 Å². The Hall–Kier alpha value is -1.87. The third kappa shape index (κ3) is 0.888. The molecule has 0 aliphatic rings. The molecule has 0 amide bonds. The molecular weight excluding hydrogens is 218 g/mol. The van der Waals surface area contributed by atoms with Crippen molar-refractivity contribution < 1.29 is 4.42 Å². The average Bonchev–Trinajstić information content (AvgIpc) is 2.98. The molecule has 2 aromatic heterocycles. The number of thiazole rings is 1. The number of benzene rings is 2. The first-order chi connectivity index (χ1) is 7.95. The summed E-state index contributed by atoms with van der Waals surface area (Å²) in [5, 5.41) is 3.64. The minimum atomic E-state index is 0.898. The molecule has 0 aliphatic heterocycles. The summed E-state index contributed by atoms with van der Waals surface area (Å²) in [5.41, 5.74) is 3.75. The highest BCUT2D eigenvalue weighted by molar-refractivity contribution is 7.18. The summed E-state index contributed by atoms with van der Waals surface area (Å²) in [4.78, 5) is 4.39. The molecule has 0 saturated carbocycles. The lowest BCUT2D eigenvalue weighted by Gasteiger charge is -2.00. The van der Waals surface area contributed by atoms with E-state index in [1.54, 1.807) is 17.6 Å². The summed E-state index contributed by atoms with van der Waals surface area (Å²) in [5.74, 6) is 0. The summed E-state index contributed by atoms with van der Waals surface area (Å²) in [6.45, 7) is 0. The highest BCUT2D eigenvalue weighted by Gasteiger charge is 2.11. The van der Waals surface area contributed by atoms with Gasteiger partial charge < -0.3 is 4.42 Å². The van der Waals surface area contributed by atoms with Crippen LogP contribution in [-0.4, -0.2) is 4.98 Å². The summed E-state index contributed by atoms with van der Waals surface area (Å²) < 4.78 is 6.75. The van der Waals surface area contributed by atoms with Crippen LogP contribution in [0, 0.1) is 0 Å². The fourth-order valence-corrected chi connectivity index (χ4v) is 3.05. The highest BCUT2D eigenvalue weighted by Crippen LogP contribution is 2.36. The predicted molar refractivity (Wildman–Crippen MR) is 66.9 cm³/mol. The Kier molecular flexibility index (Phi) is 1.47. The van der Waals surface area contributed by atoms with E-state index in [9.17, 15) is 0 Å². The second-order valence-electron chi connectivity index (χ2n) is 3.74. The lowest BCUT2D eigenvalue weighted by atomic mass is 10.1. The molecule has 0 atom stereocenters. The molecule has 0 aliphatic carbocycles. The summed E-state index contributed by atoms with van der Waals surface area (Å²) in [6.07, 6.45) is 1.73. The summed E-state index contributed by atoms with van der Waals surface area (Å²) in [6, 6.07) is 10.4. The molecule has 2 aromatic carbocycles. The minimum Gasteiger partial charge on any atom is -0.462 e. The van der Waals surface area contributed by atoms with Crippen LogP contribution in [0.2, 0.25) is 0 Å². The standard InChI is InChI=1S/C13H7NOS/c1-2-4-10-8(3-1)9-5-6-15-12(9)11-13(10)16-7-14-11/h1-7H. The van der Waals surface area contributed by atoms with Crippen molar-refractivity contribution in [2.75, 3.05) is 0 Å². The van der Waals surface area contributed by atoms with Gasteiger partial charge in [-0.3, -0.25) is 0 Å². The third-order valence-electron chi connectivity index (χ3n) is 2.91. The lowest BCUT2D eigenvalue weighted by Crippen LogP contribution is -1.76. The van der Waals surface area contributed by atoms with Crippen LogP contribution in [0.15, 0.2) is 46.5 Å². The van der Waals surface area contributed by atoms with Gasteiger partial charge in [-0.05, 0) is 11.5 Å². The maximum atomic E-state index is 5.54. The molecule has 2 heterocycles. The third-order valence-corrected chi connectivity index (χ3v) is 3.77. The molecular formula is C13H7NOS. The quantitative estimate of drug-likeness (QED) is 0.448. The zero-order valence-electron chi connectivity index (χ0n) is 8.31. The van der Waals surface area contributed by atoms with Gasteiger partial charge in [0.15, 0.2) is 5.58 Å². The molecule has 0 bridgehead atoms. The molecule has 0 radical (unpaired) electrons. The molecule has 0 N–H and O–H groups in total. The number of fused-ring (bicyclic) bond motifs is 6. The minimum absolute atomic E-state index is 0.898. The number of nitrogens with zero attached hydrogens (tertiary/aromatic N) is 1. The fraction of sp³-hybridized carbons (Fsp3) is 0. The van der Waals surface area contributed by atoms with E-state index < -0.39 is 0 Å². The van der Waals surface area contributed by atoms with E-state index >= 15 is 0 Å². The van der Waals surface area contributed by atoms with Crippen molar-refractivity contribution in [1.82, 2.24) is 4.98 Å². The summed E-state index contributed by atoms with van der Waals surface area (Å²) >= 11 is 1.66. The fourth-order valence-electron chi connectivity index (χ4n) is 2.22. The van der Waals surface area contributed by atoms with Crippen molar-refractivity contribution in [3.63, 3.8) is 0 Å². The molecule has 0 fully saturated rings. The van der Waals surface area contributed by atoms with Gasteiger partial charge in [0.1, 0.15) is 5.52 Å². The highest BCUT2D eigenvalue weighted by atomic mass is 32.1. The monoisotopic (exact) mass is 225 g/mol. The Morgan fingerprint density at radius 2 is 1.88 bits per heavy atom. The van der Waals surface area contributed by atoms with Crippen LogP contribution < -0.4 is 0 Å². The largest absolute Gasteiger partial charge is 0.462 e. The van der Waals surface area contributed by atoms with E-state index in [1.165, 1.54) is 15.5 Å². The van der Waals surface area contributed by atoms with Crippen molar-refractivity contribution in [2.24, 2.45) is 0 Å². The van der Waals surface area contributed by atoms with Gasteiger partial charge in [0.25, 0.3) is 0 Å². The van der Waals surface area contributed by atoms with Gasteiger partial charge in [-0.25, -0.2) is 4.98 Å². The maximum absolute atomic E-state index is 5.54. The first-order valence-electron chi connectivity index (χ1n) is 5.06. The predicted octanol–water partition coefficient (Wildman–Crippen LogP) is 4.20. The molecule has 0 saturated heterocycles. The Morgan fingerprint density at radius 3 is 2.81 bits per heavy atom. The average molecular weight is 225 g/mol. The second-order valence-corrected chi connectivity index (χ2v) is 4.59. The van der Waals surface area contributed by atoms with Crippen molar-refractivity contribution in [2.45, 2.75) is 0 Å². The number of aromatic nitrogens is 1. The van der Waals surface area contributed by atoms with Gasteiger partial charge in [0.05, 0.1) is 16.5 Å². The van der Waals surface area contributed by atoms with Crippen LogP contribution in [0.4, 0.5) is 0 Å². The SMILES string of the molecule is c1ccc2c(c1)c1ccoc1c1ncsc21. The first kappa shape index (κ1) is 8.30. The summed E-state index contributed by atoms with van der Waals surface area (Å²) in [7, 11) is 0. The molecule has 0 unspecified atom stereocenters. The van der Waals surface area contributed by atoms with Gasteiger partial charge in [0.2, 0.25) is 0 Å². The van der Waals surface area contributed by atoms with E-state index in [-0.39, 0.29) is 0 Å². The van der Waals surface area contributed by atoms with Crippen LogP contribution >= 0.6 is 11.3 Å². The normalized spacial score (nSPS) is 11.8. The van der Waals surface area contributed by atoms with Gasteiger partial charge in [-0.2, -0.15) is 0 Å². The zero-order chi connectivity index (χ0) is 10.5. The van der Waals surface area contributed by atoms with E-state index in [4.69, 9.17) is 4.42 Å². The van der Waals surface area contributed by atoms with Gasteiger partial charge in [-0.1, -0.05) is 24.3 Å². The smallest absolute Gasteiger partial charge is 0.161 e. The van der Waals surface area contributed by atoms with E-state index in [2.05, 4.69) is 29.2 Å². The number of furan rings is 1. The molecule has 4 rings (SSSR count). The van der Waals surface area contributed by atoms with E-state index in [0.717, 1.165) is 16.5 Å². The van der Waals surface area contributed by atoms with E-state index in [1.807, 2.05) is 11.6 Å². The second kappa shape index (κ2) is 2.83. The van der Waals surface area contributed by atoms with Crippen LogP contribution in [0.25, 0.3) is 32.0 Å². The molecule has 3 heteroatoms. The van der Waals surface area contributed by atoms with Gasteiger partial charge in [0, 0.05) is 10.8 Å². The van der Waals surface area contributed by atoms with Crippen LogP contribution in [0.5, 0.6) is 0 Å². The zero-order valence-corrected chi connectivity index (χ0v) is 9.12.